The lowest BCUT2D eigenvalue weighted by Crippen LogP contribution is -2.10. The summed E-state index contributed by atoms with van der Waals surface area (Å²) < 4.78 is 15.6. The third-order valence-electron chi connectivity index (χ3n) is 2.98. The maximum absolute atomic E-state index is 11.4. The van der Waals surface area contributed by atoms with Gasteiger partial charge in [0.15, 0.2) is 11.5 Å². The fourth-order valence-corrected chi connectivity index (χ4v) is 2.02. The topological polar surface area (TPSA) is 115 Å². The molecule has 0 unspecified atom stereocenters. The zero-order chi connectivity index (χ0) is 18.4. The van der Waals surface area contributed by atoms with Crippen molar-refractivity contribution in [2.75, 3.05) is 19.6 Å². The summed E-state index contributed by atoms with van der Waals surface area (Å²) in [6, 6.07) is 4.62. The van der Waals surface area contributed by atoms with E-state index < -0.39 is 5.97 Å². The van der Waals surface area contributed by atoms with E-state index in [0.29, 0.717) is 22.8 Å². The van der Waals surface area contributed by atoms with E-state index in [4.69, 9.17) is 14.2 Å². The molecule has 2 aromatic rings. The van der Waals surface area contributed by atoms with Crippen LogP contribution in [0.4, 0.5) is 5.95 Å². The molecule has 0 aliphatic carbocycles. The average Bonchev–Trinajstić information content (AvgIpc) is 2.54. The number of hydrogen-bond donors (Lipinski definition) is 2. The summed E-state index contributed by atoms with van der Waals surface area (Å²) in [5.74, 6) is 0.550. The van der Waals surface area contributed by atoms with Crippen LogP contribution >= 0.6 is 0 Å². The van der Waals surface area contributed by atoms with E-state index in [1.807, 2.05) is 0 Å². The molecular formula is C16H18N4O5. The summed E-state index contributed by atoms with van der Waals surface area (Å²) in [6.45, 7) is 2.99. The molecule has 0 saturated heterocycles. The second-order valence-corrected chi connectivity index (χ2v) is 4.95. The number of benzene rings is 1. The number of nitrogens with one attached hydrogen (secondary N) is 2. The summed E-state index contributed by atoms with van der Waals surface area (Å²) in [5.41, 5.74) is 3.54. The molecule has 0 bridgehead atoms. The molecular weight excluding hydrogens is 328 g/mol. The Balaban J connectivity index is 2.26. The lowest BCUT2D eigenvalue weighted by Gasteiger charge is -2.13. The number of aromatic nitrogens is 2. The Kier molecular flexibility index (Phi) is 5.72. The predicted octanol–water partition coefficient (Wildman–Crippen LogP) is 1.47. The van der Waals surface area contributed by atoms with Crippen molar-refractivity contribution in [1.82, 2.24) is 9.97 Å². The highest BCUT2D eigenvalue weighted by Gasteiger charge is 2.15. The van der Waals surface area contributed by atoms with Crippen molar-refractivity contribution in [2.24, 2.45) is 5.10 Å². The summed E-state index contributed by atoms with van der Waals surface area (Å²) in [5, 5.41) is 4.01. The van der Waals surface area contributed by atoms with E-state index in [2.05, 4.69) is 20.5 Å². The molecule has 0 saturated carbocycles. The van der Waals surface area contributed by atoms with Gasteiger partial charge in [-0.25, -0.2) is 10.4 Å². The van der Waals surface area contributed by atoms with Crippen LogP contribution in [0.5, 0.6) is 17.2 Å². The fraction of sp³-hybridized carbons (Fsp3) is 0.250. The SMILES string of the molecule is COc1cc(/C=N\Nc2nc(C)cc(=O)[nH]2)cc(OC)c1OC(C)=O. The fourth-order valence-electron chi connectivity index (χ4n) is 2.02. The number of anilines is 1. The smallest absolute Gasteiger partial charge is 0.308 e. The van der Waals surface area contributed by atoms with Crippen molar-refractivity contribution in [2.45, 2.75) is 13.8 Å². The quantitative estimate of drug-likeness (QED) is 0.352. The number of esters is 1. The van der Waals surface area contributed by atoms with Gasteiger partial charge in [-0.2, -0.15) is 5.10 Å². The van der Waals surface area contributed by atoms with Crippen LogP contribution in [0.15, 0.2) is 28.1 Å². The first kappa shape index (κ1) is 18.0. The van der Waals surface area contributed by atoms with Crippen LogP contribution in [0.3, 0.4) is 0 Å². The van der Waals surface area contributed by atoms with Gasteiger partial charge in [-0.05, 0) is 19.1 Å². The van der Waals surface area contributed by atoms with Crippen LogP contribution in [0.1, 0.15) is 18.2 Å². The monoisotopic (exact) mass is 346 g/mol. The van der Waals surface area contributed by atoms with Gasteiger partial charge in [0, 0.05) is 24.2 Å². The number of carbonyl (C=O) groups excluding carboxylic acids is 1. The third-order valence-corrected chi connectivity index (χ3v) is 2.98. The van der Waals surface area contributed by atoms with Gasteiger partial charge < -0.3 is 14.2 Å². The lowest BCUT2D eigenvalue weighted by molar-refractivity contribution is -0.132. The van der Waals surface area contributed by atoms with Crippen molar-refractivity contribution >= 4 is 18.1 Å². The number of ether oxygens (including phenoxy) is 3. The zero-order valence-electron chi connectivity index (χ0n) is 14.2. The van der Waals surface area contributed by atoms with Crippen LogP contribution in [-0.4, -0.2) is 36.4 Å². The number of H-pyrrole nitrogens is 1. The molecule has 0 fully saturated rings. The van der Waals surface area contributed by atoms with Crippen molar-refractivity contribution in [1.29, 1.82) is 0 Å². The Labute approximate surface area is 143 Å². The lowest BCUT2D eigenvalue weighted by atomic mass is 10.2. The molecule has 0 atom stereocenters. The van der Waals surface area contributed by atoms with Gasteiger partial charge in [-0.15, -0.1) is 0 Å². The van der Waals surface area contributed by atoms with Gasteiger partial charge in [0.2, 0.25) is 11.7 Å². The molecule has 0 aliphatic heterocycles. The Morgan fingerprint density at radius 1 is 1.24 bits per heavy atom. The maximum Gasteiger partial charge on any atom is 0.308 e. The van der Waals surface area contributed by atoms with Crippen LogP contribution < -0.4 is 25.2 Å². The number of rotatable bonds is 6. The minimum atomic E-state index is -0.492. The molecule has 2 N–H and O–H groups in total. The van der Waals surface area contributed by atoms with E-state index in [-0.39, 0.29) is 17.3 Å². The first-order valence-corrected chi connectivity index (χ1v) is 7.24. The van der Waals surface area contributed by atoms with Crippen LogP contribution in [0.25, 0.3) is 0 Å². The minimum absolute atomic E-state index is 0.187. The number of hydrazone groups is 1. The van der Waals surface area contributed by atoms with Gasteiger partial charge in [0.1, 0.15) is 0 Å². The molecule has 1 heterocycles. The Hall–Kier alpha value is -3.36. The molecule has 0 amide bonds. The highest BCUT2D eigenvalue weighted by Crippen LogP contribution is 2.38. The number of methoxy groups -OCH3 is 2. The summed E-state index contributed by atoms with van der Waals surface area (Å²) in [6.07, 6.45) is 1.48. The molecule has 0 aliphatic rings. The van der Waals surface area contributed by atoms with Crippen LogP contribution in [0, 0.1) is 6.92 Å². The van der Waals surface area contributed by atoms with Crippen molar-refractivity contribution < 1.29 is 19.0 Å². The highest BCUT2D eigenvalue weighted by molar-refractivity contribution is 5.83. The van der Waals surface area contributed by atoms with Crippen molar-refractivity contribution in [3.8, 4) is 17.2 Å². The number of aromatic amines is 1. The largest absolute Gasteiger partial charge is 0.493 e. The van der Waals surface area contributed by atoms with Crippen molar-refractivity contribution in [3.63, 3.8) is 0 Å². The molecule has 132 valence electrons. The van der Waals surface area contributed by atoms with Gasteiger partial charge in [-0.3, -0.25) is 14.6 Å². The number of carbonyl (C=O) groups is 1. The van der Waals surface area contributed by atoms with Gasteiger partial charge in [0.05, 0.1) is 20.4 Å². The van der Waals surface area contributed by atoms with Crippen LogP contribution in [-0.2, 0) is 4.79 Å². The molecule has 1 aromatic heterocycles. The standard InChI is InChI=1S/C16H18N4O5/c1-9-5-14(22)19-16(18-9)20-17-8-11-6-12(23-3)15(25-10(2)21)13(7-11)24-4/h5-8H,1-4H3,(H2,18,19,20,22)/b17-8-. The van der Waals surface area contributed by atoms with Crippen molar-refractivity contribution in [3.05, 3.63) is 39.8 Å². The maximum atomic E-state index is 11.4. The summed E-state index contributed by atoms with van der Waals surface area (Å²) in [4.78, 5) is 29.2. The second-order valence-electron chi connectivity index (χ2n) is 4.95. The second kappa shape index (κ2) is 7.95. The molecule has 1 aromatic carbocycles. The molecule has 25 heavy (non-hydrogen) atoms. The van der Waals surface area contributed by atoms with E-state index in [1.54, 1.807) is 19.1 Å². The Morgan fingerprint density at radius 3 is 2.40 bits per heavy atom. The summed E-state index contributed by atoms with van der Waals surface area (Å²) >= 11 is 0. The first-order chi connectivity index (χ1) is 11.9. The average molecular weight is 346 g/mol. The Bertz CT molecular complexity index is 835. The van der Waals surface area contributed by atoms with Gasteiger partial charge in [-0.1, -0.05) is 0 Å². The molecule has 0 spiro atoms. The van der Waals surface area contributed by atoms with Gasteiger partial charge >= 0.3 is 5.97 Å². The molecule has 9 nitrogen and oxygen atoms in total. The van der Waals surface area contributed by atoms with Gasteiger partial charge in [0.25, 0.3) is 5.56 Å². The third kappa shape index (κ3) is 4.80. The van der Waals surface area contributed by atoms with Crippen LogP contribution in [0.2, 0.25) is 0 Å². The zero-order valence-corrected chi connectivity index (χ0v) is 14.2. The number of hydrogen-bond acceptors (Lipinski definition) is 8. The molecule has 2 rings (SSSR count). The normalized spacial score (nSPS) is 10.6. The highest BCUT2D eigenvalue weighted by atomic mass is 16.6. The number of aryl methyl sites for hydroxylation is 1. The number of nitrogens with zero attached hydrogens (tertiary/aromatic N) is 2. The van der Waals surface area contributed by atoms with E-state index in [9.17, 15) is 9.59 Å². The predicted molar refractivity (Wildman–Crippen MR) is 91.7 cm³/mol. The van der Waals surface area contributed by atoms with E-state index >= 15 is 0 Å². The Morgan fingerprint density at radius 2 is 1.88 bits per heavy atom. The van der Waals surface area contributed by atoms with E-state index in [1.165, 1.54) is 33.4 Å². The molecule has 0 radical (unpaired) electrons. The van der Waals surface area contributed by atoms with E-state index in [0.717, 1.165) is 0 Å². The minimum Gasteiger partial charge on any atom is -0.493 e. The first-order valence-electron chi connectivity index (χ1n) is 7.24. The molecule has 9 heteroatoms. The summed E-state index contributed by atoms with van der Waals surface area (Å²) in [7, 11) is 2.89.